The smallest absolute Gasteiger partial charge is 0.123 e. The summed E-state index contributed by atoms with van der Waals surface area (Å²) in [6.45, 7) is 5.26. The van der Waals surface area contributed by atoms with Gasteiger partial charge in [0, 0.05) is 23.6 Å². The molecule has 0 spiro atoms. The number of pyridine rings is 1. The normalized spacial score (nSPS) is 10.6. The Morgan fingerprint density at radius 3 is 2.75 bits per heavy atom. The highest BCUT2D eigenvalue weighted by Crippen LogP contribution is 2.20. The van der Waals surface area contributed by atoms with E-state index in [-0.39, 0.29) is 0 Å². The van der Waals surface area contributed by atoms with E-state index in [1.807, 2.05) is 31.2 Å². The first-order valence-corrected chi connectivity index (χ1v) is 7.66. The largest absolute Gasteiger partial charge is 0.492 e. The van der Waals surface area contributed by atoms with Crippen LogP contribution in [-0.4, -0.2) is 17.3 Å². The number of nitrogens with zero attached hydrogens (tertiary/aromatic N) is 1. The zero-order valence-electron chi connectivity index (χ0n) is 11.9. The van der Waals surface area contributed by atoms with Gasteiger partial charge in [0.15, 0.2) is 0 Å². The lowest BCUT2D eigenvalue weighted by atomic mass is 10.2. The first-order valence-electron chi connectivity index (χ1n) is 6.68. The van der Waals surface area contributed by atoms with Crippen LogP contribution in [0.1, 0.15) is 16.8 Å². The number of ether oxygens (including phenoxy) is 1. The number of aryl methyl sites for hydroxylation is 2. The Kier molecular flexibility index (Phi) is 5.44. The van der Waals surface area contributed by atoms with Crippen LogP contribution in [0.5, 0.6) is 5.75 Å². The molecule has 0 saturated heterocycles. The van der Waals surface area contributed by atoms with Crippen molar-refractivity contribution in [1.82, 2.24) is 4.98 Å². The standard InChI is InChI=1S/C16H20N2OS/c1-12-9-13(2)18-16(10-12)20-8-7-19-15-6-4-3-5-14(15)11-17/h3-6,9-10H,7-8,11,17H2,1-2H3. The number of benzene rings is 1. The van der Waals surface area contributed by atoms with Crippen molar-refractivity contribution in [1.29, 1.82) is 0 Å². The SMILES string of the molecule is Cc1cc(C)nc(SCCOc2ccccc2CN)c1. The van der Waals surface area contributed by atoms with E-state index in [1.165, 1.54) is 5.56 Å². The van der Waals surface area contributed by atoms with Gasteiger partial charge in [-0.15, -0.1) is 11.8 Å². The molecule has 20 heavy (non-hydrogen) atoms. The molecule has 0 atom stereocenters. The molecule has 0 radical (unpaired) electrons. The van der Waals surface area contributed by atoms with Crippen molar-refractivity contribution in [2.45, 2.75) is 25.4 Å². The van der Waals surface area contributed by atoms with Crippen LogP contribution in [0.15, 0.2) is 41.4 Å². The van der Waals surface area contributed by atoms with Crippen molar-refractivity contribution >= 4 is 11.8 Å². The predicted molar refractivity (Wildman–Crippen MR) is 84.3 cm³/mol. The van der Waals surface area contributed by atoms with Gasteiger partial charge in [-0.25, -0.2) is 4.98 Å². The Morgan fingerprint density at radius 2 is 2.00 bits per heavy atom. The van der Waals surface area contributed by atoms with Gasteiger partial charge in [-0.3, -0.25) is 0 Å². The third-order valence-electron chi connectivity index (χ3n) is 2.86. The Labute approximate surface area is 124 Å². The van der Waals surface area contributed by atoms with Gasteiger partial charge in [0.05, 0.1) is 11.6 Å². The molecule has 0 bridgehead atoms. The van der Waals surface area contributed by atoms with E-state index in [4.69, 9.17) is 10.5 Å². The summed E-state index contributed by atoms with van der Waals surface area (Å²) in [5, 5.41) is 1.05. The molecule has 106 valence electrons. The zero-order valence-corrected chi connectivity index (χ0v) is 12.7. The fourth-order valence-electron chi connectivity index (χ4n) is 1.99. The second kappa shape index (κ2) is 7.31. The topological polar surface area (TPSA) is 48.1 Å². The first kappa shape index (κ1) is 14.9. The van der Waals surface area contributed by atoms with E-state index in [0.717, 1.165) is 27.8 Å². The van der Waals surface area contributed by atoms with Crippen molar-refractivity contribution in [3.63, 3.8) is 0 Å². The zero-order chi connectivity index (χ0) is 14.4. The molecule has 0 fully saturated rings. The summed E-state index contributed by atoms with van der Waals surface area (Å²) >= 11 is 1.71. The maximum absolute atomic E-state index is 5.78. The molecule has 1 aromatic carbocycles. The van der Waals surface area contributed by atoms with Gasteiger partial charge in [0.1, 0.15) is 5.75 Å². The Balaban J connectivity index is 1.84. The van der Waals surface area contributed by atoms with E-state index >= 15 is 0 Å². The van der Waals surface area contributed by atoms with Crippen LogP contribution in [0.4, 0.5) is 0 Å². The van der Waals surface area contributed by atoms with Crippen LogP contribution in [-0.2, 0) is 6.54 Å². The van der Waals surface area contributed by atoms with E-state index in [2.05, 4.69) is 24.0 Å². The summed E-state index contributed by atoms with van der Waals surface area (Å²) in [5.41, 5.74) is 9.03. The van der Waals surface area contributed by atoms with Crippen molar-refractivity contribution in [3.05, 3.63) is 53.2 Å². The highest BCUT2D eigenvalue weighted by atomic mass is 32.2. The summed E-state index contributed by atoms with van der Waals surface area (Å²) in [4.78, 5) is 4.50. The van der Waals surface area contributed by atoms with Crippen LogP contribution in [0, 0.1) is 13.8 Å². The van der Waals surface area contributed by atoms with E-state index in [9.17, 15) is 0 Å². The summed E-state index contributed by atoms with van der Waals surface area (Å²) in [5.74, 6) is 1.75. The number of aromatic nitrogens is 1. The van der Waals surface area contributed by atoms with E-state index in [1.54, 1.807) is 11.8 Å². The summed E-state index contributed by atoms with van der Waals surface area (Å²) in [6, 6.07) is 12.1. The Morgan fingerprint density at radius 1 is 1.20 bits per heavy atom. The molecular formula is C16H20N2OS. The minimum atomic E-state index is 0.502. The van der Waals surface area contributed by atoms with Crippen molar-refractivity contribution in [2.24, 2.45) is 5.73 Å². The quantitative estimate of drug-likeness (QED) is 0.654. The highest BCUT2D eigenvalue weighted by Gasteiger charge is 2.02. The van der Waals surface area contributed by atoms with Gasteiger partial charge in [-0.1, -0.05) is 18.2 Å². The Hall–Kier alpha value is -1.52. The molecular weight excluding hydrogens is 268 g/mol. The van der Waals surface area contributed by atoms with Crippen LogP contribution in [0.3, 0.4) is 0 Å². The molecule has 0 amide bonds. The molecule has 1 heterocycles. The molecule has 2 N–H and O–H groups in total. The maximum atomic E-state index is 5.78. The lowest BCUT2D eigenvalue weighted by Crippen LogP contribution is -2.05. The van der Waals surface area contributed by atoms with Crippen molar-refractivity contribution in [2.75, 3.05) is 12.4 Å². The molecule has 0 saturated carbocycles. The second-order valence-corrected chi connectivity index (χ2v) is 5.75. The minimum absolute atomic E-state index is 0.502. The van der Waals surface area contributed by atoms with Crippen LogP contribution in [0.2, 0.25) is 0 Å². The van der Waals surface area contributed by atoms with Gasteiger partial charge in [0.2, 0.25) is 0 Å². The van der Waals surface area contributed by atoms with Gasteiger partial charge < -0.3 is 10.5 Å². The van der Waals surface area contributed by atoms with Gasteiger partial charge in [-0.05, 0) is 37.6 Å². The monoisotopic (exact) mass is 288 g/mol. The average Bonchev–Trinajstić information content (AvgIpc) is 2.43. The van der Waals surface area contributed by atoms with Gasteiger partial charge in [-0.2, -0.15) is 0 Å². The molecule has 0 unspecified atom stereocenters. The van der Waals surface area contributed by atoms with Gasteiger partial charge in [0.25, 0.3) is 0 Å². The average molecular weight is 288 g/mol. The van der Waals surface area contributed by atoms with Crippen LogP contribution < -0.4 is 10.5 Å². The summed E-state index contributed by atoms with van der Waals surface area (Å²) in [6.07, 6.45) is 0. The molecule has 0 aliphatic rings. The summed E-state index contributed by atoms with van der Waals surface area (Å²) in [7, 11) is 0. The van der Waals surface area contributed by atoms with E-state index < -0.39 is 0 Å². The molecule has 3 nitrogen and oxygen atoms in total. The van der Waals surface area contributed by atoms with E-state index in [0.29, 0.717) is 13.2 Å². The van der Waals surface area contributed by atoms with Crippen LogP contribution >= 0.6 is 11.8 Å². The minimum Gasteiger partial charge on any atom is -0.492 e. The predicted octanol–water partition coefficient (Wildman–Crippen LogP) is 3.33. The van der Waals surface area contributed by atoms with Crippen molar-refractivity contribution < 1.29 is 4.74 Å². The van der Waals surface area contributed by atoms with Crippen molar-refractivity contribution in [3.8, 4) is 5.75 Å². The number of para-hydroxylation sites is 1. The Bertz CT molecular complexity index is 552. The number of nitrogens with two attached hydrogens (primary N) is 1. The van der Waals surface area contributed by atoms with Crippen LogP contribution in [0.25, 0.3) is 0 Å². The fourth-order valence-corrected chi connectivity index (χ4v) is 2.84. The third-order valence-corrected chi connectivity index (χ3v) is 3.73. The second-order valence-electron chi connectivity index (χ2n) is 4.63. The molecule has 2 aromatic rings. The molecule has 0 aliphatic heterocycles. The lowest BCUT2D eigenvalue weighted by Gasteiger charge is -2.10. The number of rotatable bonds is 6. The summed E-state index contributed by atoms with van der Waals surface area (Å²) < 4.78 is 5.78. The number of thioether (sulfide) groups is 1. The number of hydrogen-bond acceptors (Lipinski definition) is 4. The lowest BCUT2D eigenvalue weighted by molar-refractivity contribution is 0.340. The van der Waals surface area contributed by atoms with Gasteiger partial charge >= 0.3 is 0 Å². The molecule has 1 aromatic heterocycles. The third kappa shape index (κ3) is 4.25. The molecule has 0 aliphatic carbocycles. The molecule has 2 rings (SSSR count). The maximum Gasteiger partial charge on any atom is 0.123 e. The highest BCUT2D eigenvalue weighted by molar-refractivity contribution is 7.99. The number of hydrogen-bond donors (Lipinski definition) is 1. The fraction of sp³-hybridized carbons (Fsp3) is 0.312. The first-order chi connectivity index (χ1) is 9.69. The molecule has 4 heteroatoms.